The van der Waals surface area contributed by atoms with Gasteiger partial charge in [-0.05, 0) is 61.0 Å². The lowest BCUT2D eigenvalue weighted by Gasteiger charge is -2.06. The third-order valence-corrected chi connectivity index (χ3v) is 4.41. The third-order valence-electron chi connectivity index (χ3n) is 4.08. The number of benzene rings is 3. The topological polar surface area (TPSA) is 96.9 Å². The highest BCUT2D eigenvalue weighted by Crippen LogP contribution is 2.19. The van der Waals surface area contributed by atoms with Gasteiger partial charge in [0.1, 0.15) is 5.75 Å². The summed E-state index contributed by atoms with van der Waals surface area (Å²) in [6.07, 6.45) is 1.36. The number of rotatable bonds is 5. The van der Waals surface area contributed by atoms with E-state index in [0.717, 1.165) is 5.56 Å². The van der Waals surface area contributed by atoms with Gasteiger partial charge < -0.3 is 10.1 Å². The second-order valence-corrected chi connectivity index (χ2v) is 6.86. The zero-order valence-electron chi connectivity index (χ0n) is 16.5. The average Bonchev–Trinajstić information content (AvgIpc) is 2.76. The van der Waals surface area contributed by atoms with Gasteiger partial charge in [0.05, 0.1) is 16.8 Å². The normalized spacial score (nSPS) is 10.5. The average molecular weight is 436 g/mol. The number of esters is 1. The fourth-order valence-electron chi connectivity index (χ4n) is 2.45. The van der Waals surface area contributed by atoms with Crippen LogP contribution in [-0.2, 0) is 9.59 Å². The van der Waals surface area contributed by atoms with Crippen LogP contribution in [-0.4, -0.2) is 24.0 Å². The Morgan fingerprint density at radius 1 is 0.903 bits per heavy atom. The molecular formula is C23H18ClN3O4. The van der Waals surface area contributed by atoms with Gasteiger partial charge in [0, 0.05) is 5.69 Å². The molecule has 0 heterocycles. The first-order valence-corrected chi connectivity index (χ1v) is 9.58. The molecule has 2 N–H and O–H groups in total. The van der Waals surface area contributed by atoms with Crippen molar-refractivity contribution in [2.24, 2.45) is 5.10 Å². The number of nitrogens with one attached hydrogen (secondary N) is 2. The molecule has 0 aromatic heterocycles. The number of hydrogen-bond acceptors (Lipinski definition) is 5. The molecule has 0 atom stereocenters. The van der Waals surface area contributed by atoms with Crippen LogP contribution in [0.3, 0.4) is 0 Å². The molecule has 0 fully saturated rings. The molecule has 0 saturated heterocycles. The molecule has 0 unspecified atom stereocenters. The number of halogens is 1. The Kier molecular flexibility index (Phi) is 7.13. The lowest BCUT2D eigenvalue weighted by Crippen LogP contribution is -2.32. The van der Waals surface area contributed by atoms with Gasteiger partial charge >= 0.3 is 17.8 Å². The van der Waals surface area contributed by atoms with Crippen molar-refractivity contribution in [3.05, 3.63) is 94.5 Å². The number of anilines is 1. The van der Waals surface area contributed by atoms with E-state index in [2.05, 4.69) is 15.8 Å². The standard InChI is InChI=1S/C23H18ClN3O4/c1-15-6-10-17(11-7-15)26-21(28)22(29)27-25-14-16-8-12-18(13-9-16)31-23(30)19-4-2-3-5-20(19)24/h2-14H,1H3,(H,26,28)(H,27,29)/b25-14-. The maximum atomic E-state index is 12.2. The SMILES string of the molecule is Cc1ccc(NC(=O)C(=O)N/N=C\c2ccc(OC(=O)c3ccccc3Cl)cc2)cc1. The molecule has 0 aliphatic carbocycles. The number of amides is 2. The summed E-state index contributed by atoms with van der Waals surface area (Å²) >= 11 is 5.99. The van der Waals surface area contributed by atoms with Gasteiger partial charge in [0.25, 0.3) is 0 Å². The van der Waals surface area contributed by atoms with Crippen LogP contribution >= 0.6 is 11.6 Å². The molecule has 0 bridgehead atoms. The van der Waals surface area contributed by atoms with Gasteiger partial charge in [0.15, 0.2) is 0 Å². The van der Waals surface area contributed by atoms with E-state index in [1.165, 1.54) is 6.21 Å². The second-order valence-electron chi connectivity index (χ2n) is 6.46. The van der Waals surface area contributed by atoms with E-state index >= 15 is 0 Å². The number of hydrogen-bond donors (Lipinski definition) is 2. The lowest BCUT2D eigenvalue weighted by atomic mass is 10.2. The number of aryl methyl sites for hydroxylation is 1. The van der Waals surface area contributed by atoms with E-state index in [4.69, 9.17) is 16.3 Å². The molecule has 0 aliphatic heterocycles. The summed E-state index contributed by atoms with van der Waals surface area (Å²) in [5, 5.41) is 6.54. The maximum absolute atomic E-state index is 12.2. The van der Waals surface area contributed by atoms with E-state index in [1.807, 2.05) is 19.1 Å². The van der Waals surface area contributed by atoms with Crippen molar-refractivity contribution in [2.75, 3.05) is 5.32 Å². The zero-order chi connectivity index (χ0) is 22.2. The number of ether oxygens (including phenoxy) is 1. The Morgan fingerprint density at radius 3 is 2.26 bits per heavy atom. The highest BCUT2D eigenvalue weighted by molar-refractivity contribution is 6.39. The fraction of sp³-hybridized carbons (Fsp3) is 0.0435. The Morgan fingerprint density at radius 2 is 1.58 bits per heavy atom. The van der Waals surface area contributed by atoms with E-state index in [1.54, 1.807) is 60.7 Å². The molecular weight excluding hydrogens is 418 g/mol. The summed E-state index contributed by atoms with van der Waals surface area (Å²) in [5.41, 5.74) is 4.59. The van der Waals surface area contributed by atoms with Gasteiger partial charge in [-0.1, -0.05) is 41.4 Å². The Hall–Kier alpha value is -3.97. The van der Waals surface area contributed by atoms with Crippen LogP contribution in [0.5, 0.6) is 5.75 Å². The molecule has 2 amide bonds. The first-order chi connectivity index (χ1) is 14.9. The minimum atomic E-state index is -0.901. The van der Waals surface area contributed by atoms with Crippen molar-refractivity contribution in [3.8, 4) is 5.75 Å². The monoisotopic (exact) mass is 435 g/mol. The highest BCUT2D eigenvalue weighted by Gasteiger charge is 2.13. The molecule has 0 spiro atoms. The van der Waals surface area contributed by atoms with Crippen LogP contribution in [0, 0.1) is 6.92 Å². The van der Waals surface area contributed by atoms with Gasteiger partial charge in [0.2, 0.25) is 0 Å². The van der Waals surface area contributed by atoms with Crippen LogP contribution in [0.1, 0.15) is 21.5 Å². The van der Waals surface area contributed by atoms with E-state index in [-0.39, 0.29) is 5.56 Å². The minimum Gasteiger partial charge on any atom is -0.423 e. The summed E-state index contributed by atoms with van der Waals surface area (Å²) in [6, 6.07) is 20.0. The predicted molar refractivity (Wildman–Crippen MR) is 118 cm³/mol. The number of carbonyl (C=O) groups excluding carboxylic acids is 3. The third kappa shape index (κ3) is 6.25. The first kappa shape index (κ1) is 21.7. The van der Waals surface area contributed by atoms with Crippen LogP contribution in [0.15, 0.2) is 77.9 Å². The van der Waals surface area contributed by atoms with Crippen molar-refractivity contribution in [2.45, 2.75) is 6.92 Å². The number of carbonyl (C=O) groups is 3. The van der Waals surface area contributed by atoms with Crippen molar-refractivity contribution >= 4 is 41.3 Å². The fourth-order valence-corrected chi connectivity index (χ4v) is 2.66. The molecule has 156 valence electrons. The van der Waals surface area contributed by atoms with E-state index in [9.17, 15) is 14.4 Å². The summed E-state index contributed by atoms with van der Waals surface area (Å²) < 4.78 is 5.28. The van der Waals surface area contributed by atoms with Gasteiger partial charge in [-0.3, -0.25) is 9.59 Å². The number of hydrazone groups is 1. The summed E-state index contributed by atoms with van der Waals surface area (Å²) in [4.78, 5) is 35.9. The molecule has 7 nitrogen and oxygen atoms in total. The smallest absolute Gasteiger partial charge is 0.345 e. The molecule has 3 rings (SSSR count). The molecule has 31 heavy (non-hydrogen) atoms. The molecule has 3 aromatic rings. The molecule has 8 heteroatoms. The van der Waals surface area contributed by atoms with Crippen molar-refractivity contribution in [1.29, 1.82) is 0 Å². The summed E-state index contributed by atoms with van der Waals surface area (Å²) in [7, 11) is 0. The summed E-state index contributed by atoms with van der Waals surface area (Å²) in [5.74, 6) is -1.98. The summed E-state index contributed by atoms with van der Waals surface area (Å²) in [6.45, 7) is 1.92. The van der Waals surface area contributed by atoms with E-state index < -0.39 is 17.8 Å². The Balaban J connectivity index is 1.51. The number of nitrogens with zero attached hydrogens (tertiary/aromatic N) is 1. The lowest BCUT2D eigenvalue weighted by molar-refractivity contribution is -0.136. The van der Waals surface area contributed by atoms with Crippen LogP contribution in [0.4, 0.5) is 5.69 Å². The highest BCUT2D eigenvalue weighted by atomic mass is 35.5. The van der Waals surface area contributed by atoms with Gasteiger partial charge in [-0.25, -0.2) is 10.2 Å². The van der Waals surface area contributed by atoms with Crippen LogP contribution < -0.4 is 15.5 Å². The zero-order valence-corrected chi connectivity index (χ0v) is 17.2. The maximum Gasteiger partial charge on any atom is 0.345 e. The van der Waals surface area contributed by atoms with E-state index in [0.29, 0.717) is 22.0 Å². The van der Waals surface area contributed by atoms with Crippen LogP contribution in [0.25, 0.3) is 0 Å². The second kappa shape index (κ2) is 10.2. The minimum absolute atomic E-state index is 0.265. The quantitative estimate of drug-likeness (QED) is 0.208. The Labute approximate surface area is 183 Å². The Bertz CT molecular complexity index is 1130. The van der Waals surface area contributed by atoms with Crippen molar-refractivity contribution in [1.82, 2.24) is 5.43 Å². The molecule has 0 saturated carbocycles. The largest absolute Gasteiger partial charge is 0.423 e. The van der Waals surface area contributed by atoms with Gasteiger partial charge in [-0.2, -0.15) is 5.10 Å². The first-order valence-electron chi connectivity index (χ1n) is 9.20. The predicted octanol–water partition coefficient (Wildman–Crippen LogP) is 3.96. The molecule has 0 radical (unpaired) electrons. The van der Waals surface area contributed by atoms with Crippen molar-refractivity contribution in [3.63, 3.8) is 0 Å². The van der Waals surface area contributed by atoms with Crippen molar-refractivity contribution < 1.29 is 19.1 Å². The molecule has 3 aromatic carbocycles. The molecule has 0 aliphatic rings. The van der Waals surface area contributed by atoms with Crippen LogP contribution in [0.2, 0.25) is 5.02 Å². The van der Waals surface area contributed by atoms with Gasteiger partial charge in [-0.15, -0.1) is 0 Å².